The van der Waals surface area contributed by atoms with Gasteiger partial charge in [0, 0.05) is 34.0 Å². The topological polar surface area (TPSA) is 56.4 Å². The molecule has 0 saturated carbocycles. The van der Waals surface area contributed by atoms with Gasteiger partial charge in [0.1, 0.15) is 11.9 Å². The molecular weight excluding hydrogens is 509 g/mol. The predicted octanol–water partition coefficient (Wildman–Crippen LogP) is 5.00. The van der Waals surface area contributed by atoms with Gasteiger partial charge in [-0.2, -0.15) is 0 Å². The van der Waals surface area contributed by atoms with Crippen molar-refractivity contribution in [3.8, 4) is 0 Å². The molecule has 176 valence electrons. The van der Waals surface area contributed by atoms with Gasteiger partial charge < -0.3 is 14.8 Å². The normalized spacial score (nSPS) is 19.7. The molecule has 5 nitrogen and oxygen atoms in total. The maximum Gasteiger partial charge on any atom is 0.246 e. The average Bonchev–Trinajstić information content (AvgIpc) is 3.22. The standard InChI is InChI=1S/C28H23BrFN3O2/c29-19-7-4-6-18(14-19)27-26-22(21-9-1-2-10-23(21)31-26)15-24-28(35)32(16-25(34)33(24)27)12-11-17-5-3-8-20(30)13-17/h1-10,13-14,24,27,31H,11-12,15-16H2. The van der Waals surface area contributed by atoms with Gasteiger partial charge in [-0.15, -0.1) is 0 Å². The molecule has 1 saturated heterocycles. The largest absolute Gasteiger partial charge is 0.356 e. The van der Waals surface area contributed by atoms with Crippen LogP contribution in [-0.2, 0) is 22.4 Å². The van der Waals surface area contributed by atoms with Crippen molar-refractivity contribution < 1.29 is 14.0 Å². The van der Waals surface area contributed by atoms with Crippen LogP contribution in [0.1, 0.15) is 28.4 Å². The van der Waals surface area contributed by atoms with E-state index in [1.165, 1.54) is 12.1 Å². The van der Waals surface area contributed by atoms with Gasteiger partial charge in [-0.3, -0.25) is 9.59 Å². The summed E-state index contributed by atoms with van der Waals surface area (Å²) in [7, 11) is 0. The zero-order chi connectivity index (χ0) is 24.1. The van der Waals surface area contributed by atoms with Crippen LogP contribution in [0.15, 0.2) is 77.3 Å². The van der Waals surface area contributed by atoms with Crippen molar-refractivity contribution in [3.05, 3.63) is 105 Å². The summed E-state index contributed by atoms with van der Waals surface area (Å²) in [5, 5.41) is 1.08. The van der Waals surface area contributed by atoms with Gasteiger partial charge in [0.15, 0.2) is 0 Å². The molecule has 2 aliphatic heterocycles. The highest BCUT2D eigenvalue weighted by atomic mass is 79.9. The fourth-order valence-electron chi connectivity index (χ4n) is 5.49. The molecule has 4 aromatic rings. The van der Waals surface area contributed by atoms with Gasteiger partial charge in [-0.1, -0.05) is 58.4 Å². The van der Waals surface area contributed by atoms with Crippen LogP contribution in [-0.4, -0.2) is 45.7 Å². The number of fused-ring (bicyclic) bond motifs is 4. The van der Waals surface area contributed by atoms with Gasteiger partial charge in [0.2, 0.25) is 11.8 Å². The lowest BCUT2D eigenvalue weighted by molar-refractivity contribution is -0.158. The van der Waals surface area contributed by atoms with E-state index in [1.807, 2.05) is 48.5 Å². The first kappa shape index (κ1) is 22.0. The molecule has 1 aromatic heterocycles. The first-order valence-corrected chi connectivity index (χ1v) is 12.5. The average molecular weight is 532 g/mol. The molecule has 0 spiro atoms. The van der Waals surface area contributed by atoms with E-state index < -0.39 is 6.04 Å². The third-order valence-corrected chi connectivity index (χ3v) is 7.56. The second-order valence-electron chi connectivity index (χ2n) is 9.18. The number of aromatic nitrogens is 1. The number of aromatic amines is 1. The second kappa shape index (κ2) is 8.64. The number of rotatable bonds is 4. The molecule has 0 radical (unpaired) electrons. The quantitative estimate of drug-likeness (QED) is 0.403. The zero-order valence-corrected chi connectivity index (χ0v) is 20.5. The number of hydrogen-bond acceptors (Lipinski definition) is 2. The number of para-hydroxylation sites is 1. The fourth-order valence-corrected chi connectivity index (χ4v) is 5.91. The number of benzene rings is 3. The molecule has 2 amide bonds. The molecule has 3 aromatic carbocycles. The zero-order valence-electron chi connectivity index (χ0n) is 18.9. The molecular formula is C28H23BrFN3O2. The lowest BCUT2D eigenvalue weighted by Gasteiger charge is -2.47. The number of nitrogens with zero attached hydrogens (tertiary/aromatic N) is 2. The van der Waals surface area contributed by atoms with Crippen molar-refractivity contribution in [2.24, 2.45) is 0 Å². The van der Waals surface area contributed by atoms with E-state index in [4.69, 9.17) is 0 Å². The minimum Gasteiger partial charge on any atom is -0.356 e. The Labute approximate surface area is 210 Å². The molecule has 2 unspecified atom stereocenters. The number of carbonyl (C=O) groups is 2. The van der Waals surface area contributed by atoms with Gasteiger partial charge in [-0.25, -0.2) is 4.39 Å². The monoisotopic (exact) mass is 531 g/mol. The molecule has 2 atom stereocenters. The van der Waals surface area contributed by atoms with E-state index in [-0.39, 0.29) is 30.2 Å². The second-order valence-corrected chi connectivity index (χ2v) is 10.1. The van der Waals surface area contributed by atoms with Crippen molar-refractivity contribution in [2.75, 3.05) is 13.1 Å². The Morgan fingerprint density at radius 1 is 1.00 bits per heavy atom. The maximum absolute atomic E-state index is 13.7. The van der Waals surface area contributed by atoms with Crippen LogP contribution in [0.2, 0.25) is 0 Å². The summed E-state index contributed by atoms with van der Waals surface area (Å²) < 4.78 is 14.5. The van der Waals surface area contributed by atoms with Crippen LogP contribution in [0.5, 0.6) is 0 Å². The van der Waals surface area contributed by atoms with E-state index in [1.54, 1.807) is 15.9 Å². The van der Waals surface area contributed by atoms with Crippen molar-refractivity contribution in [1.82, 2.24) is 14.8 Å². The van der Waals surface area contributed by atoms with E-state index in [9.17, 15) is 14.0 Å². The van der Waals surface area contributed by atoms with E-state index in [0.29, 0.717) is 19.4 Å². The molecule has 1 fully saturated rings. The SMILES string of the molecule is O=C1C2Cc3c([nH]c4ccccc34)C(c3cccc(Br)c3)N2C(=O)CN1CCc1cccc(F)c1. The molecule has 6 rings (SSSR count). The number of amides is 2. The van der Waals surface area contributed by atoms with Crippen LogP contribution in [0.4, 0.5) is 4.39 Å². The lowest BCUT2D eigenvalue weighted by Crippen LogP contribution is -2.63. The number of carbonyl (C=O) groups excluding carboxylic acids is 2. The predicted molar refractivity (Wildman–Crippen MR) is 135 cm³/mol. The Kier molecular flexibility index (Phi) is 5.44. The highest BCUT2D eigenvalue weighted by molar-refractivity contribution is 9.10. The Morgan fingerprint density at radius 3 is 2.66 bits per heavy atom. The van der Waals surface area contributed by atoms with E-state index in [2.05, 4.69) is 27.0 Å². The molecule has 2 aliphatic rings. The Hall–Kier alpha value is -3.45. The summed E-state index contributed by atoms with van der Waals surface area (Å²) in [5.41, 5.74) is 4.81. The first-order chi connectivity index (χ1) is 17.0. The first-order valence-electron chi connectivity index (χ1n) is 11.7. The summed E-state index contributed by atoms with van der Waals surface area (Å²) in [4.78, 5) is 34.3. The summed E-state index contributed by atoms with van der Waals surface area (Å²) in [5.74, 6) is -0.439. The minimum atomic E-state index is -0.584. The van der Waals surface area contributed by atoms with Crippen LogP contribution in [0.25, 0.3) is 10.9 Å². The summed E-state index contributed by atoms with van der Waals surface area (Å²) in [6.07, 6.45) is 0.960. The fraction of sp³-hybridized carbons (Fsp3) is 0.214. The molecule has 35 heavy (non-hydrogen) atoms. The molecule has 7 heteroatoms. The Morgan fingerprint density at radius 2 is 1.83 bits per heavy atom. The number of halogens is 2. The smallest absolute Gasteiger partial charge is 0.246 e. The third-order valence-electron chi connectivity index (χ3n) is 7.07. The molecule has 3 heterocycles. The van der Waals surface area contributed by atoms with Crippen LogP contribution >= 0.6 is 15.9 Å². The van der Waals surface area contributed by atoms with Crippen LogP contribution in [0, 0.1) is 5.82 Å². The van der Waals surface area contributed by atoms with Crippen LogP contribution in [0.3, 0.4) is 0 Å². The van der Waals surface area contributed by atoms with Gasteiger partial charge in [-0.05, 0) is 53.4 Å². The van der Waals surface area contributed by atoms with Crippen molar-refractivity contribution in [3.63, 3.8) is 0 Å². The minimum absolute atomic E-state index is 0.0186. The lowest BCUT2D eigenvalue weighted by atomic mass is 9.86. The van der Waals surface area contributed by atoms with Gasteiger partial charge in [0.05, 0.1) is 12.6 Å². The van der Waals surface area contributed by atoms with E-state index >= 15 is 0 Å². The summed E-state index contributed by atoms with van der Waals surface area (Å²) >= 11 is 3.56. The highest BCUT2D eigenvalue weighted by Gasteiger charge is 2.48. The van der Waals surface area contributed by atoms with E-state index in [0.717, 1.165) is 37.8 Å². The molecule has 0 bridgehead atoms. The van der Waals surface area contributed by atoms with Crippen molar-refractivity contribution in [1.29, 1.82) is 0 Å². The van der Waals surface area contributed by atoms with Gasteiger partial charge in [0.25, 0.3) is 0 Å². The highest BCUT2D eigenvalue weighted by Crippen LogP contribution is 2.42. The van der Waals surface area contributed by atoms with Crippen molar-refractivity contribution >= 4 is 38.6 Å². The Balaban J connectivity index is 1.39. The molecule has 1 N–H and O–H groups in total. The van der Waals surface area contributed by atoms with Crippen LogP contribution < -0.4 is 0 Å². The Bertz CT molecular complexity index is 1470. The number of hydrogen-bond donors (Lipinski definition) is 1. The summed E-state index contributed by atoms with van der Waals surface area (Å²) in [6, 6.07) is 21.4. The molecule has 0 aliphatic carbocycles. The summed E-state index contributed by atoms with van der Waals surface area (Å²) in [6.45, 7) is 0.394. The third kappa shape index (κ3) is 3.84. The van der Waals surface area contributed by atoms with Gasteiger partial charge >= 0.3 is 0 Å². The van der Waals surface area contributed by atoms with Crippen molar-refractivity contribution in [2.45, 2.75) is 24.9 Å². The number of piperazine rings is 1. The maximum atomic E-state index is 13.7. The number of H-pyrrole nitrogens is 1. The number of nitrogens with one attached hydrogen (secondary N) is 1.